The lowest BCUT2D eigenvalue weighted by molar-refractivity contribution is -0.116. The van der Waals surface area contributed by atoms with E-state index in [0.29, 0.717) is 23.0 Å². The predicted molar refractivity (Wildman–Crippen MR) is 105 cm³/mol. The van der Waals surface area contributed by atoms with Crippen LogP contribution in [0.25, 0.3) is 6.08 Å². The normalized spacial score (nSPS) is 12.6. The molecule has 0 atom stereocenters. The van der Waals surface area contributed by atoms with Crippen molar-refractivity contribution in [1.82, 2.24) is 5.43 Å². The zero-order valence-electron chi connectivity index (χ0n) is 14.7. The van der Waals surface area contributed by atoms with E-state index in [1.807, 2.05) is 6.07 Å². The Bertz CT molecular complexity index is 911. The van der Waals surface area contributed by atoms with Gasteiger partial charge in [-0.3, -0.25) is 4.79 Å². The number of nitrogens with one attached hydrogen (secondary N) is 1. The molecule has 0 bridgehead atoms. The van der Waals surface area contributed by atoms with Gasteiger partial charge >= 0.3 is 0 Å². The summed E-state index contributed by atoms with van der Waals surface area (Å²) in [5, 5.41) is 3.95. The number of nitrogens with zero attached hydrogens (tertiary/aromatic N) is 1. The van der Waals surface area contributed by atoms with Gasteiger partial charge in [0.25, 0.3) is 5.91 Å². The monoisotopic (exact) mass is 432 g/mol. The molecule has 1 N–H and O–H groups in total. The average Bonchev–Trinajstić information content (AvgIpc) is 3.13. The second-order valence-electron chi connectivity index (χ2n) is 5.42. The molecule has 0 saturated carbocycles. The van der Waals surface area contributed by atoms with Crippen molar-refractivity contribution in [2.45, 2.75) is 0 Å². The van der Waals surface area contributed by atoms with E-state index in [1.54, 1.807) is 44.6 Å². The van der Waals surface area contributed by atoms with Gasteiger partial charge in [0.15, 0.2) is 23.0 Å². The molecule has 0 aromatic heterocycles. The minimum atomic E-state index is -0.358. The second kappa shape index (κ2) is 8.59. The topological polar surface area (TPSA) is 78.4 Å². The Morgan fingerprint density at radius 3 is 2.74 bits per heavy atom. The van der Waals surface area contributed by atoms with E-state index in [-0.39, 0.29) is 12.7 Å². The minimum absolute atomic E-state index is 0.212. The lowest BCUT2D eigenvalue weighted by Gasteiger charge is -2.10. The number of hydrogen-bond acceptors (Lipinski definition) is 6. The van der Waals surface area contributed by atoms with Gasteiger partial charge in [0.1, 0.15) is 0 Å². The number of halogens is 1. The van der Waals surface area contributed by atoms with Gasteiger partial charge in [-0.2, -0.15) is 5.10 Å². The molecule has 7 nitrogen and oxygen atoms in total. The fourth-order valence-electron chi connectivity index (χ4n) is 2.41. The maximum absolute atomic E-state index is 11.9. The Balaban J connectivity index is 1.61. The van der Waals surface area contributed by atoms with Crippen LogP contribution in [0.4, 0.5) is 0 Å². The fourth-order valence-corrected chi connectivity index (χ4v) is 3.03. The summed E-state index contributed by atoms with van der Waals surface area (Å²) < 4.78 is 21.8. The third-order valence-corrected chi connectivity index (χ3v) is 4.26. The van der Waals surface area contributed by atoms with Gasteiger partial charge in [-0.05, 0) is 57.4 Å². The quantitative estimate of drug-likeness (QED) is 0.430. The van der Waals surface area contributed by atoms with Crippen molar-refractivity contribution >= 4 is 34.1 Å². The molecule has 0 aliphatic carbocycles. The molecule has 0 radical (unpaired) electrons. The molecule has 8 heteroatoms. The predicted octanol–water partition coefficient (Wildman–Crippen LogP) is 3.36. The van der Waals surface area contributed by atoms with E-state index in [9.17, 15) is 4.79 Å². The third-order valence-electron chi connectivity index (χ3n) is 3.67. The van der Waals surface area contributed by atoms with Crippen molar-refractivity contribution in [3.63, 3.8) is 0 Å². The molecule has 0 fully saturated rings. The van der Waals surface area contributed by atoms with Crippen molar-refractivity contribution in [2.75, 3.05) is 21.0 Å². The first-order valence-corrected chi connectivity index (χ1v) is 8.72. The lowest BCUT2D eigenvalue weighted by Crippen LogP contribution is -2.14. The minimum Gasteiger partial charge on any atom is -0.493 e. The van der Waals surface area contributed by atoms with Crippen LogP contribution >= 0.6 is 15.9 Å². The number of hydrogen-bond donors (Lipinski definition) is 1. The summed E-state index contributed by atoms with van der Waals surface area (Å²) >= 11 is 3.41. The standard InChI is InChI=1S/C19H17BrN2O5/c1-24-17-9-13(7-14(20)19(17)25-2)10-21-22-18(23)6-4-12-3-5-15-16(8-12)27-11-26-15/h3-10H,11H2,1-2H3,(H,22,23)/b6-4+,21-10-. The van der Waals surface area contributed by atoms with Crippen molar-refractivity contribution < 1.29 is 23.7 Å². The highest BCUT2D eigenvalue weighted by Gasteiger charge is 2.12. The molecule has 27 heavy (non-hydrogen) atoms. The molecule has 1 amide bonds. The Hall–Kier alpha value is -3.00. The number of amides is 1. The number of methoxy groups -OCH3 is 2. The number of rotatable bonds is 6. The molecule has 0 saturated heterocycles. The highest BCUT2D eigenvalue weighted by atomic mass is 79.9. The van der Waals surface area contributed by atoms with Crippen LogP contribution in [-0.4, -0.2) is 33.1 Å². The summed E-state index contributed by atoms with van der Waals surface area (Å²) in [6.45, 7) is 0.212. The maximum atomic E-state index is 11.9. The smallest absolute Gasteiger partial charge is 0.264 e. The van der Waals surface area contributed by atoms with E-state index in [1.165, 1.54) is 12.3 Å². The molecule has 1 heterocycles. The number of hydrazone groups is 1. The van der Waals surface area contributed by atoms with E-state index >= 15 is 0 Å². The zero-order chi connectivity index (χ0) is 19.2. The molecule has 3 rings (SSSR count). The molecule has 0 unspecified atom stereocenters. The number of ether oxygens (including phenoxy) is 4. The van der Waals surface area contributed by atoms with Crippen LogP contribution in [0.1, 0.15) is 11.1 Å². The Morgan fingerprint density at radius 1 is 1.15 bits per heavy atom. The van der Waals surface area contributed by atoms with Crippen LogP contribution in [0.15, 0.2) is 46.0 Å². The van der Waals surface area contributed by atoms with Crippen molar-refractivity contribution in [3.05, 3.63) is 52.0 Å². The Labute approximate surface area is 164 Å². The van der Waals surface area contributed by atoms with Gasteiger partial charge in [-0.1, -0.05) is 6.07 Å². The number of carbonyl (C=O) groups is 1. The van der Waals surface area contributed by atoms with E-state index in [2.05, 4.69) is 26.5 Å². The average molecular weight is 433 g/mol. The van der Waals surface area contributed by atoms with Crippen LogP contribution in [-0.2, 0) is 4.79 Å². The SMILES string of the molecule is COc1cc(/C=N\NC(=O)/C=C/c2ccc3c(c2)OCO3)cc(Br)c1OC. The molecule has 1 aliphatic heterocycles. The zero-order valence-corrected chi connectivity index (χ0v) is 16.3. The Morgan fingerprint density at radius 2 is 1.96 bits per heavy atom. The van der Waals surface area contributed by atoms with Crippen molar-refractivity contribution in [2.24, 2.45) is 5.10 Å². The molecule has 2 aromatic rings. The van der Waals surface area contributed by atoms with Gasteiger partial charge < -0.3 is 18.9 Å². The number of benzene rings is 2. The van der Waals surface area contributed by atoms with Crippen LogP contribution in [0, 0.1) is 0 Å². The fraction of sp³-hybridized carbons (Fsp3) is 0.158. The first-order chi connectivity index (χ1) is 13.1. The molecular weight excluding hydrogens is 416 g/mol. The lowest BCUT2D eigenvalue weighted by atomic mass is 10.2. The van der Waals surface area contributed by atoms with E-state index in [4.69, 9.17) is 18.9 Å². The molecule has 2 aromatic carbocycles. The summed E-state index contributed by atoms with van der Waals surface area (Å²) in [5.74, 6) is 2.15. The van der Waals surface area contributed by atoms with E-state index in [0.717, 1.165) is 15.6 Å². The van der Waals surface area contributed by atoms with Crippen LogP contribution in [0.2, 0.25) is 0 Å². The molecule has 1 aliphatic rings. The first-order valence-electron chi connectivity index (χ1n) is 7.93. The van der Waals surface area contributed by atoms with Crippen LogP contribution in [0.3, 0.4) is 0 Å². The first kappa shape index (κ1) is 18.8. The highest BCUT2D eigenvalue weighted by molar-refractivity contribution is 9.10. The van der Waals surface area contributed by atoms with Crippen LogP contribution in [0.5, 0.6) is 23.0 Å². The summed E-state index contributed by atoms with van der Waals surface area (Å²) in [7, 11) is 3.11. The largest absolute Gasteiger partial charge is 0.493 e. The molecular formula is C19H17BrN2O5. The highest BCUT2D eigenvalue weighted by Crippen LogP contribution is 2.36. The summed E-state index contributed by atoms with van der Waals surface area (Å²) in [5.41, 5.74) is 4.00. The number of fused-ring (bicyclic) bond motifs is 1. The Kier molecular flexibility index (Phi) is 5.97. The van der Waals surface area contributed by atoms with Gasteiger partial charge in [0, 0.05) is 6.08 Å². The maximum Gasteiger partial charge on any atom is 0.264 e. The second-order valence-corrected chi connectivity index (χ2v) is 6.27. The van der Waals surface area contributed by atoms with Crippen molar-refractivity contribution in [1.29, 1.82) is 0 Å². The molecule has 0 spiro atoms. The molecule has 140 valence electrons. The van der Waals surface area contributed by atoms with Crippen molar-refractivity contribution in [3.8, 4) is 23.0 Å². The van der Waals surface area contributed by atoms with Gasteiger partial charge in [0.05, 0.1) is 24.9 Å². The van der Waals surface area contributed by atoms with Gasteiger partial charge in [-0.25, -0.2) is 5.43 Å². The number of carbonyl (C=O) groups excluding carboxylic acids is 1. The third kappa shape index (κ3) is 4.59. The summed E-state index contributed by atoms with van der Waals surface area (Å²) in [4.78, 5) is 11.9. The van der Waals surface area contributed by atoms with Gasteiger partial charge in [0.2, 0.25) is 6.79 Å². The van der Waals surface area contributed by atoms with E-state index < -0.39 is 0 Å². The summed E-state index contributed by atoms with van der Waals surface area (Å²) in [6, 6.07) is 8.99. The summed E-state index contributed by atoms with van der Waals surface area (Å²) in [6.07, 6.45) is 4.57. The van der Waals surface area contributed by atoms with Crippen LogP contribution < -0.4 is 24.4 Å². The van der Waals surface area contributed by atoms with Gasteiger partial charge in [-0.15, -0.1) is 0 Å².